The summed E-state index contributed by atoms with van der Waals surface area (Å²) in [5, 5.41) is 57.5. The molecule has 6 spiro atoms. The van der Waals surface area contributed by atoms with Crippen molar-refractivity contribution in [2.24, 2.45) is 94.7 Å². The molecular formula is C106H168B3Cl2N5O20S. The molecule has 3 aromatic carbocycles. The van der Waals surface area contributed by atoms with E-state index in [0.29, 0.717) is 83.7 Å². The summed E-state index contributed by atoms with van der Waals surface area (Å²) in [5.74, 6) is 12.8. The van der Waals surface area contributed by atoms with Crippen LogP contribution in [-0.2, 0) is 58.4 Å². The average Bonchev–Trinajstić information content (AvgIpc) is 1.61. The van der Waals surface area contributed by atoms with Gasteiger partial charge >= 0.3 is 21.2 Å². The number of phenols is 1. The zero-order valence-electron chi connectivity index (χ0n) is 83.6. The summed E-state index contributed by atoms with van der Waals surface area (Å²) < 4.78 is 63.5. The van der Waals surface area contributed by atoms with Crippen molar-refractivity contribution in [3.05, 3.63) is 89.5 Å². The number of halogens is 2. The fraction of sp³-hybridized carbons (Fsp3) is 0.821. The summed E-state index contributed by atoms with van der Waals surface area (Å²) in [4.78, 5) is 43.2. The lowest BCUT2D eigenvalue weighted by Gasteiger charge is -2.57. The van der Waals surface area contributed by atoms with Gasteiger partial charge in [0.25, 0.3) is 10.1 Å². The van der Waals surface area contributed by atoms with Gasteiger partial charge in [-0.1, -0.05) is 56.2 Å². The van der Waals surface area contributed by atoms with Crippen LogP contribution in [0.3, 0.4) is 0 Å². The molecule has 15 saturated carbocycles. The maximum absolute atomic E-state index is 9.73. The molecule has 25 nitrogen and oxygen atoms in total. The van der Waals surface area contributed by atoms with Gasteiger partial charge in [0, 0.05) is 101 Å². The van der Waals surface area contributed by atoms with Crippen molar-refractivity contribution in [3.63, 3.8) is 0 Å². The number of ether oxygens (including phenoxy) is 6. The standard InChI is InChI=1S/C30H44BNO5.C29H41NO4.C22H28O4.C9H20BNO.C8H18BNO2.C4H8O.C2H3N.CH2Cl2.CH4O3S/c1-31(33)32-13-8-21(9-14-32)10-15-34-28-4-2-24(3-5-28)25-6-11-29(12-7-25)35-30(37-36-29)26-17-22-16-23(19-26)20-27(30)18-22;1-3-27(31-14-9-20-7-12-30-13-8-20)4-2-23(1)24-5-10-28(11-6-24)32-29(34-33-28)25-16-21-15-22(18-25)19-26(29)17-21;23-20-3-1-16(2-4-20)17-5-7-21(8-6-17)24-22(26-25-21)18-10-14-9-15(12-18)13-19(22)11-14;1-3-4-9-5-7-11(8-6-9)10(2)12;1-9(12)10-5-2-8(3-6-10)4-7-11;1-2-4-5-3-1;1-2-3;2-1-3;1-5(2,3)4/h2-5,21-23,25-27,33H,6-20H2,1H3;1-4,20-22,24-26,30H,5-19H2;1-4,14-15,17-19,23H,5-13H2;9,12H,3-8H2,1-2H3;8,11-12H,2-7H2,1H3;1-4H2;1H3;1H2;1H3,(H,2,3,4). The molecule has 31 heteroatoms. The summed E-state index contributed by atoms with van der Waals surface area (Å²) in [5.41, 5.74) is 4.13. The minimum atomic E-state index is -3.67. The normalized spacial score (nSPS) is 36.7. The summed E-state index contributed by atoms with van der Waals surface area (Å²) in [6, 6.07) is 27.1. The average molecular weight is 1970 g/mol. The highest BCUT2D eigenvalue weighted by Gasteiger charge is 2.70. The summed E-state index contributed by atoms with van der Waals surface area (Å²) in [7, 11) is -4.54. The Morgan fingerprint density at radius 1 is 0.438 bits per heavy atom. The van der Waals surface area contributed by atoms with Gasteiger partial charge in [-0.2, -0.15) is 43.0 Å². The number of aliphatic hydroxyl groups is 1. The van der Waals surface area contributed by atoms with Crippen molar-refractivity contribution >= 4 is 54.5 Å². The predicted octanol–water partition coefficient (Wildman–Crippen LogP) is 20.6. The Morgan fingerprint density at radius 3 is 0.956 bits per heavy atom. The van der Waals surface area contributed by atoms with E-state index in [4.69, 9.17) is 95.9 Å². The topological polar surface area (TPSA) is 312 Å². The number of aliphatic hydroxyl groups excluding tert-OH is 1. The number of nitrogens with one attached hydrogen (secondary N) is 1. The maximum atomic E-state index is 9.73. The van der Waals surface area contributed by atoms with Crippen LogP contribution in [0.1, 0.15) is 318 Å². The molecule has 23 fully saturated rings. The number of nitriles is 1. The number of nitrogens with zero attached hydrogens (tertiary/aromatic N) is 4. The van der Waals surface area contributed by atoms with Crippen LogP contribution in [0.2, 0.25) is 20.5 Å². The minimum absolute atomic E-state index is 0.194. The number of hydrogen-bond donors (Lipinski definition) is 7. The Morgan fingerprint density at radius 2 is 0.701 bits per heavy atom. The van der Waals surface area contributed by atoms with Crippen LogP contribution in [0, 0.1) is 106 Å². The molecule has 26 rings (SSSR count). The second kappa shape index (κ2) is 50.3. The molecule has 8 aliphatic heterocycles. The Balaban J connectivity index is 0.000000131. The van der Waals surface area contributed by atoms with Gasteiger partial charge in [0.2, 0.25) is 34.7 Å². The number of rotatable bonds is 18. The molecule has 0 radical (unpaired) electrons. The van der Waals surface area contributed by atoms with Crippen LogP contribution in [-0.4, -0.2) is 206 Å². The van der Waals surface area contributed by atoms with Crippen molar-refractivity contribution in [2.75, 3.05) is 97.0 Å². The van der Waals surface area contributed by atoms with Crippen molar-refractivity contribution in [1.82, 2.24) is 19.7 Å². The monoisotopic (exact) mass is 1970 g/mol. The van der Waals surface area contributed by atoms with Crippen LogP contribution in [0.4, 0.5) is 0 Å². The first kappa shape index (κ1) is 108. The lowest BCUT2D eigenvalue weighted by molar-refractivity contribution is -0.390. The summed E-state index contributed by atoms with van der Waals surface area (Å²) in [6.45, 7) is 21.5. The number of alkyl halides is 2. The molecule has 12 bridgehead atoms. The number of hydrogen-bond acceptors (Lipinski definition) is 24. The Labute approximate surface area is 831 Å². The van der Waals surface area contributed by atoms with E-state index in [1.807, 2.05) is 32.6 Å². The third kappa shape index (κ3) is 28.3. The molecule has 0 atom stereocenters. The molecule has 766 valence electrons. The summed E-state index contributed by atoms with van der Waals surface area (Å²) >= 11 is 9.53. The van der Waals surface area contributed by atoms with Gasteiger partial charge in [-0.3, -0.25) is 4.55 Å². The van der Waals surface area contributed by atoms with E-state index in [-0.39, 0.29) is 26.5 Å². The van der Waals surface area contributed by atoms with Crippen LogP contribution in [0.25, 0.3) is 0 Å². The molecule has 8 saturated heterocycles. The van der Waals surface area contributed by atoms with E-state index in [9.17, 15) is 28.6 Å². The first-order valence-electron chi connectivity index (χ1n) is 54.1. The highest BCUT2D eigenvalue weighted by Crippen LogP contribution is 2.68. The third-order valence-electron chi connectivity index (χ3n) is 35.8. The molecule has 0 amide bonds. The second-order valence-electron chi connectivity index (χ2n) is 45.1. The first-order valence-corrected chi connectivity index (χ1v) is 57.0. The van der Waals surface area contributed by atoms with E-state index in [0.717, 1.165) is 253 Å². The van der Waals surface area contributed by atoms with Gasteiger partial charge < -0.3 is 73.5 Å². The van der Waals surface area contributed by atoms with Crippen LogP contribution in [0.5, 0.6) is 17.2 Å². The zero-order valence-corrected chi connectivity index (χ0v) is 85.9. The Kier molecular flexibility index (Phi) is 39.5. The zero-order chi connectivity index (χ0) is 96.4. The van der Waals surface area contributed by atoms with Gasteiger partial charge in [-0.05, 0) is 421 Å². The highest BCUT2D eigenvalue weighted by molar-refractivity contribution is 7.85. The van der Waals surface area contributed by atoms with Crippen LogP contribution >= 0.6 is 23.2 Å². The molecule has 23 aliphatic rings. The van der Waals surface area contributed by atoms with Gasteiger partial charge in [0.05, 0.1) is 30.9 Å². The third-order valence-corrected chi connectivity index (χ3v) is 35.8. The smallest absolute Gasteiger partial charge is 0.376 e. The molecule has 7 N–H and O–H groups in total. The maximum Gasteiger partial charge on any atom is 0.376 e. The lowest BCUT2D eigenvalue weighted by atomic mass is 9.53. The molecule has 15 aliphatic carbocycles. The van der Waals surface area contributed by atoms with Gasteiger partial charge in [-0.15, -0.1) is 23.2 Å². The molecule has 137 heavy (non-hydrogen) atoms. The fourth-order valence-electron chi connectivity index (χ4n) is 28.8. The lowest BCUT2D eigenvalue weighted by Crippen LogP contribution is -2.59. The van der Waals surface area contributed by atoms with E-state index >= 15 is 0 Å². The molecular weight excluding hydrogens is 1800 g/mol. The van der Waals surface area contributed by atoms with E-state index in [2.05, 4.69) is 75.2 Å². The van der Waals surface area contributed by atoms with E-state index in [1.54, 1.807) is 18.2 Å². The van der Waals surface area contributed by atoms with Crippen molar-refractivity contribution in [3.8, 4) is 23.3 Å². The largest absolute Gasteiger partial charge is 0.508 e. The van der Waals surface area contributed by atoms with E-state index < -0.39 is 44.8 Å². The van der Waals surface area contributed by atoms with Gasteiger partial charge in [0.15, 0.2) is 0 Å². The fourth-order valence-corrected chi connectivity index (χ4v) is 28.8. The number of piperidine rings is 4. The van der Waals surface area contributed by atoms with E-state index in [1.165, 1.54) is 178 Å². The quantitative estimate of drug-likeness (QED) is 0.0269. The van der Waals surface area contributed by atoms with Crippen LogP contribution < -0.4 is 14.8 Å². The minimum Gasteiger partial charge on any atom is -0.508 e. The van der Waals surface area contributed by atoms with Crippen molar-refractivity contribution < 1.29 is 96.0 Å². The number of phenolic OH excluding ortho intramolecular Hbond substituents is 1. The second-order valence-corrected chi connectivity index (χ2v) is 47.4. The molecule has 0 unspecified atom stereocenters. The molecule has 8 heterocycles. The number of benzene rings is 3. The Bertz CT molecular complexity index is 4100. The van der Waals surface area contributed by atoms with Gasteiger partial charge in [-0.25, -0.2) is 0 Å². The van der Waals surface area contributed by atoms with Gasteiger partial charge in [0.1, 0.15) is 17.2 Å². The predicted molar refractivity (Wildman–Crippen MR) is 534 cm³/mol. The molecule has 3 aromatic rings. The summed E-state index contributed by atoms with van der Waals surface area (Å²) in [6.07, 6.45) is 50.3. The highest BCUT2D eigenvalue weighted by atomic mass is 35.5. The Hall–Kier alpha value is -3.49. The number of aromatic hydroxyl groups is 1. The first-order chi connectivity index (χ1) is 66.1. The van der Waals surface area contributed by atoms with Crippen molar-refractivity contribution in [1.29, 1.82) is 5.26 Å². The van der Waals surface area contributed by atoms with Crippen molar-refractivity contribution in [2.45, 2.75) is 356 Å². The molecule has 0 aromatic heterocycles. The SMILES string of the molecule is C1CCOC1.CB(O)N1CCC(CCO)CC1.CB(O)N1CCC(CCOc2ccc(C3CCC4(CC3)OOC3(O4)C4CC5CC(C4)CC3C5)cc2)CC1.CC#N.CCCC1CCN(B(C)O)CC1.CS(=O)(=O)O.ClCCl.Oc1ccc(C2CCC3(CC2)OOC2(O3)C3CC4CC(C3)CC2C4)cc1.c1cc(C2CCC3(CC2)OOC2(O3)C3CC4CC(C3)CC2C4)ccc1OCCC1CCNCC1. The van der Waals surface area contributed by atoms with Crippen LogP contribution in [0.15, 0.2) is 72.8 Å².